The molecule has 6 heteroatoms. The van der Waals surface area contributed by atoms with E-state index in [1.807, 2.05) is 6.92 Å². The van der Waals surface area contributed by atoms with Gasteiger partial charge in [-0.2, -0.15) is 0 Å². The molecule has 0 fully saturated rings. The fourth-order valence-electron chi connectivity index (χ4n) is 0.588. The Morgan fingerprint density at radius 2 is 2.25 bits per heavy atom. The molecule has 1 aromatic rings. The lowest BCUT2D eigenvalue weighted by molar-refractivity contribution is 0.646. The quantitative estimate of drug-likeness (QED) is 0.799. The van der Waals surface area contributed by atoms with Crippen LogP contribution >= 0.6 is 34.5 Å². The van der Waals surface area contributed by atoms with Crippen LogP contribution in [0.3, 0.4) is 0 Å². The lowest BCUT2D eigenvalue weighted by Gasteiger charge is -2.24. The molecule has 1 heterocycles. The Bertz CT molecular complexity index is 223. The van der Waals surface area contributed by atoms with E-state index in [4.69, 9.17) is 23.2 Å². The lowest BCUT2D eigenvalue weighted by atomic mass is 10.1. The fourth-order valence-corrected chi connectivity index (χ4v) is 1.60. The number of halogens is 2. The van der Waals surface area contributed by atoms with Crippen LogP contribution in [0.4, 0.5) is 5.13 Å². The van der Waals surface area contributed by atoms with Gasteiger partial charge < -0.3 is 5.32 Å². The van der Waals surface area contributed by atoms with Gasteiger partial charge in [-0.05, 0) is 6.92 Å². The first-order valence-electron chi connectivity index (χ1n) is 3.36. The van der Waals surface area contributed by atoms with E-state index in [-0.39, 0.29) is 5.54 Å². The third-order valence-corrected chi connectivity index (χ3v) is 3.15. The van der Waals surface area contributed by atoms with Crippen molar-refractivity contribution in [3.63, 3.8) is 0 Å². The maximum atomic E-state index is 5.74. The maximum Gasteiger partial charge on any atom is 0.205 e. The molecule has 0 unspecified atom stereocenters. The SMILES string of the molecule is CC(CCl)(CCl)Nc1nncs1. The third-order valence-electron chi connectivity index (χ3n) is 1.36. The van der Waals surface area contributed by atoms with E-state index in [0.29, 0.717) is 11.8 Å². The molecule has 1 rings (SSSR count). The van der Waals surface area contributed by atoms with E-state index >= 15 is 0 Å². The maximum absolute atomic E-state index is 5.74. The minimum Gasteiger partial charge on any atom is -0.353 e. The Labute approximate surface area is 85.1 Å². The molecule has 0 bridgehead atoms. The van der Waals surface area contributed by atoms with Crippen LogP contribution in [0, 0.1) is 0 Å². The van der Waals surface area contributed by atoms with E-state index in [2.05, 4.69) is 15.5 Å². The number of rotatable bonds is 4. The topological polar surface area (TPSA) is 37.8 Å². The Balaban J connectivity index is 2.60. The van der Waals surface area contributed by atoms with Gasteiger partial charge in [-0.3, -0.25) is 0 Å². The second kappa shape index (κ2) is 4.25. The molecule has 0 saturated carbocycles. The van der Waals surface area contributed by atoms with Gasteiger partial charge in [0.15, 0.2) is 0 Å². The average molecular weight is 226 g/mol. The van der Waals surface area contributed by atoms with Gasteiger partial charge in [0.05, 0.1) is 5.54 Å². The zero-order valence-electron chi connectivity index (χ0n) is 6.55. The van der Waals surface area contributed by atoms with Gasteiger partial charge in [0.2, 0.25) is 5.13 Å². The largest absolute Gasteiger partial charge is 0.353 e. The molecule has 0 saturated heterocycles. The van der Waals surface area contributed by atoms with Crippen molar-refractivity contribution < 1.29 is 0 Å². The van der Waals surface area contributed by atoms with Crippen LogP contribution in [-0.4, -0.2) is 27.5 Å². The highest BCUT2D eigenvalue weighted by molar-refractivity contribution is 7.13. The average Bonchev–Trinajstić information content (AvgIpc) is 2.57. The zero-order chi connectivity index (χ0) is 9.03. The molecule has 1 aromatic heterocycles. The van der Waals surface area contributed by atoms with Crippen LogP contribution in [0.15, 0.2) is 5.51 Å². The number of alkyl halides is 2. The Hall–Kier alpha value is -0.0600. The highest BCUT2D eigenvalue weighted by atomic mass is 35.5. The summed E-state index contributed by atoms with van der Waals surface area (Å²) in [6.45, 7) is 1.94. The molecule has 0 amide bonds. The second-order valence-electron chi connectivity index (χ2n) is 2.70. The molecule has 0 radical (unpaired) electrons. The summed E-state index contributed by atoms with van der Waals surface area (Å²) in [7, 11) is 0. The summed E-state index contributed by atoms with van der Waals surface area (Å²) < 4.78 is 0. The number of hydrogen-bond acceptors (Lipinski definition) is 4. The van der Waals surface area contributed by atoms with Crippen molar-refractivity contribution in [2.24, 2.45) is 0 Å². The normalized spacial score (nSPS) is 11.6. The monoisotopic (exact) mass is 225 g/mol. The first-order valence-corrected chi connectivity index (χ1v) is 5.31. The van der Waals surface area contributed by atoms with E-state index in [0.717, 1.165) is 5.13 Å². The van der Waals surface area contributed by atoms with Crippen LogP contribution < -0.4 is 5.32 Å². The van der Waals surface area contributed by atoms with Crippen LogP contribution in [0.5, 0.6) is 0 Å². The number of nitrogens with zero attached hydrogens (tertiary/aromatic N) is 2. The highest BCUT2D eigenvalue weighted by Gasteiger charge is 2.22. The molecule has 3 nitrogen and oxygen atoms in total. The van der Waals surface area contributed by atoms with Gasteiger partial charge in [0, 0.05) is 11.8 Å². The summed E-state index contributed by atoms with van der Waals surface area (Å²) in [5.41, 5.74) is 1.36. The summed E-state index contributed by atoms with van der Waals surface area (Å²) in [4.78, 5) is 0. The summed E-state index contributed by atoms with van der Waals surface area (Å²) in [5, 5.41) is 11.4. The standard InChI is InChI=1S/C6H9Cl2N3S/c1-6(2-7,3-8)10-5-11-9-4-12-5/h4H,2-3H2,1H3,(H,10,11). The summed E-state index contributed by atoms with van der Waals surface area (Å²) in [6, 6.07) is 0. The Kier molecular flexibility index (Phi) is 3.55. The number of anilines is 1. The van der Waals surface area contributed by atoms with Gasteiger partial charge in [-0.25, -0.2) is 0 Å². The highest BCUT2D eigenvalue weighted by Crippen LogP contribution is 2.18. The Morgan fingerprint density at radius 1 is 1.58 bits per heavy atom. The van der Waals surface area contributed by atoms with E-state index in [1.54, 1.807) is 5.51 Å². The van der Waals surface area contributed by atoms with Gasteiger partial charge in [0.25, 0.3) is 0 Å². The molecule has 0 aromatic carbocycles. The van der Waals surface area contributed by atoms with Crippen LogP contribution in [0.25, 0.3) is 0 Å². The van der Waals surface area contributed by atoms with Crippen molar-refractivity contribution in [1.29, 1.82) is 0 Å². The van der Waals surface area contributed by atoms with Crippen molar-refractivity contribution in [3.8, 4) is 0 Å². The number of hydrogen-bond donors (Lipinski definition) is 1. The summed E-state index contributed by atoms with van der Waals surface area (Å²) >= 11 is 12.9. The Morgan fingerprint density at radius 3 is 2.67 bits per heavy atom. The summed E-state index contributed by atoms with van der Waals surface area (Å²) in [5.74, 6) is 0.881. The first-order chi connectivity index (χ1) is 5.70. The molecule has 0 spiro atoms. The second-order valence-corrected chi connectivity index (χ2v) is 4.06. The number of nitrogens with one attached hydrogen (secondary N) is 1. The number of aromatic nitrogens is 2. The van der Waals surface area contributed by atoms with Crippen molar-refractivity contribution in [2.75, 3.05) is 17.1 Å². The fraction of sp³-hybridized carbons (Fsp3) is 0.667. The minimum atomic E-state index is -0.303. The zero-order valence-corrected chi connectivity index (χ0v) is 8.88. The van der Waals surface area contributed by atoms with E-state index < -0.39 is 0 Å². The van der Waals surface area contributed by atoms with E-state index in [1.165, 1.54) is 11.3 Å². The minimum absolute atomic E-state index is 0.303. The van der Waals surface area contributed by atoms with E-state index in [9.17, 15) is 0 Å². The molecule has 0 aliphatic rings. The first kappa shape index (κ1) is 10.0. The van der Waals surface area contributed by atoms with Crippen molar-refractivity contribution in [1.82, 2.24) is 10.2 Å². The van der Waals surface area contributed by atoms with Gasteiger partial charge in [0.1, 0.15) is 5.51 Å². The molecule has 68 valence electrons. The molecular weight excluding hydrogens is 217 g/mol. The molecular formula is C6H9Cl2N3S. The van der Waals surface area contributed by atoms with Gasteiger partial charge >= 0.3 is 0 Å². The predicted molar refractivity (Wildman–Crippen MR) is 53.4 cm³/mol. The lowest BCUT2D eigenvalue weighted by Crippen LogP contribution is -2.38. The van der Waals surface area contributed by atoms with Crippen LogP contribution in [0.2, 0.25) is 0 Å². The van der Waals surface area contributed by atoms with Crippen molar-refractivity contribution >= 4 is 39.7 Å². The van der Waals surface area contributed by atoms with Gasteiger partial charge in [-0.1, -0.05) is 11.3 Å². The molecule has 12 heavy (non-hydrogen) atoms. The van der Waals surface area contributed by atoms with Crippen molar-refractivity contribution in [2.45, 2.75) is 12.5 Å². The van der Waals surface area contributed by atoms with Crippen LogP contribution in [-0.2, 0) is 0 Å². The molecule has 0 atom stereocenters. The predicted octanol–water partition coefficient (Wildman–Crippen LogP) is 2.19. The molecule has 1 N–H and O–H groups in total. The third kappa shape index (κ3) is 2.47. The van der Waals surface area contributed by atoms with Crippen molar-refractivity contribution in [3.05, 3.63) is 5.51 Å². The summed E-state index contributed by atoms with van der Waals surface area (Å²) in [6.07, 6.45) is 0. The van der Waals surface area contributed by atoms with Gasteiger partial charge in [-0.15, -0.1) is 33.4 Å². The molecule has 0 aliphatic carbocycles. The van der Waals surface area contributed by atoms with Crippen LogP contribution in [0.1, 0.15) is 6.92 Å². The smallest absolute Gasteiger partial charge is 0.205 e. The molecule has 0 aliphatic heterocycles.